The van der Waals surface area contributed by atoms with Gasteiger partial charge in [-0.05, 0) is 12.8 Å². The number of carbonyl (C=O) groups excluding carboxylic acids is 2. The summed E-state index contributed by atoms with van der Waals surface area (Å²) in [6.45, 7) is 0.309. The summed E-state index contributed by atoms with van der Waals surface area (Å²) in [6, 6.07) is -0.669. The van der Waals surface area contributed by atoms with Gasteiger partial charge in [0.2, 0.25) is 0 Å². The molecule has 26 heavy (non-hydrogen) atoms. The van der Waals surface area contributed by atoms with Gasteiger partial charge < -0.3 is 14.6 Å². The maximum absolute atomic E-state index is 13.3. The molecule has 0 unspecified atom stereocenters. The Morgan fingerprint density at radius 3 is 2.85 bits per heavy atom. The monoisotopic (exact) mass is 357 g/mol. The minimum atomic E-state index is -0.669. The van der Waals surface area contributed by atoms with Gasteiger partial charge in [0, 0.05) is 12.3 Å². The van der Waals surface area contributed by atoms with Gasteiger partial charge in [-0.3, -0.25) is 9.89 Å². The fourth-order valence-electron chi connectivity index (χ4n) is 4.12. The van der Waals surface area contributed by atoms with Gasteiger partial charge in [-0.1, -0.05) is 19.3 Å². The van der Waals surface area contributed by atoms with Crippen LogP contribution in [0.1, 0.15) is 65.5 Å². The highest BCUT2D eigenvalue weighted by Crippen LogP contribution is 2.34. The molecule has 8 heteroatoms. The van der Waals surface area contributed by atoms with Crippen molar-refractivity contribution in [3.8, 4) is 0 Å². The average molecular weight is 357 g/mol. The topological polar surface area (TPSA) is 104 Å². The molecule has 2 aromatic rings. The number of nitrogens with zero attached hydrogens (tertiary/aromatic N) is 3. The number of aromatic nitrogens is 4. The van der Waals surface area contributed by atoms with Crippen LogP contribution in [0.2, 0.25) is 0 Å². The van der Waals surface area contributed by atoms with Gasteiger partial charge in [-0.2, -0.15) is 5.10 Å². The Balaban J connectivity index is 1.64. The number of aromatic amines is 2. The van der Waals surface area contributed by atoms with Crippen molar-refractivity contribution in [2.24, 2.45) is 0 Å². The van der Waals surface area contributed by atoms with E-state index in [-0.39, 0.29) is 5.91 Å². The number of amides is 1. The summed E-state index contributed by atoms with van der Waals surface area (Å²) in [5.41, 5.74) is 3.13. The SMILES string of the molecule is COC(=O)[C@@H]1Cc2nc[nH]c2CN1C(=O)c1cn[nH]c1C1CCCCC1. The van der Waals surface area contributed by atoms with Crippen LogP contribution in [0.25, 0.3) is 0 Å². The number of ether oxygens (including phenoxy) is 1. The Hall–Kier alpha value is -2.64. The van der Waals surface area contributed by atoms with Crippen LogP contribution in [0.15, 0.2) is 12.5 Å². The molecule has 8 nitrogen and oxygen atoms in total. The number of fused-ring (bicyclic) bond motifs is 1. The Morgan fingerprint density at radius 2 is 2.08 bits per heavy atom. The number of nitrogens with one attached hydrogen (secondary N) is 2. The minimum absolute atomic E-state index is 0.185. The van der Waals surface area contributed by atoms with E-state index in [0.29, 0.717) is 24.4 Å². The number of methoxy groups -OCH3 is 1. The van der Waals surface area contributed by atoms with Gasteiger partial charge >= 0.3 is 5.97 Å². The lowest BCUT2D eigenvalue weighted by atomic mass is 9.85. The molecule has 1 fully saturated rings. The molecule has 138 valence electrons. The average Bonchev–Trinajstić information content (AvgIpc) is 3.35. The lowest BCUT2D eigenvalue weighted by Crippen LogP contribution is -2.49. The molecule has 2 aromatic heterocycles. The Labute approximate surface area is 151 Å². The molecule has 0 aromatic carbocycles. The maximum Gasteiger partial charge on any atom is 0.329 e. The number of hydrogen-bond donors (Lipinski definition) is 2. The summed E-state index contributed by atoms with van der Waals surface area (Å²) >= 11 is 0. The van der Waals surface area contributed by atoms with Gasteiger partial charge in [0.05, 0.1) is 48.8 Å². The molecule has 1 atom stereocenters. The molecule has 0 spiro atoms. The molecule has 4 rings (SSSR count). The van der Waals surface area contributed by atoms with Crippen molar-refractivity contribution >= 4 is 11.9 Å². The van der Waals surface area contributed by atoms with Gasteiger partial charge in [0.1, 0.15) is 6.04 Å². The highest BCUT2D eigenvalue weighted by Gasteiger charge is 2.38. The van der Waals surface area contributed by atoms with Gasteiger partial charge in [-0.15, -0.1) is 0 Å². The van der Waals surface area contributed by atoms with Crippen molar-refractivity contribution in [3.05, 3.63) is 35.2 Å². The van der Waals surface area contributed by atoms with E-state index in [4.69, 9.17) is 4.74 Å². The van der Waals surface area contributed by atoms with E-state index in [2.05, 4.69) is 20.2 Å². The van der Waals surface area contributed by atoms with E-state index in [0.717, 1.165) is 29.9 Å². The molecular weight excluding hydrogens is 334 g/mol. The van der Waals surface area contributed by atoms with Gasteiger partial charge in [0.15, 0.2) is 0 Å². The summed E-state index contributed by atoms with van der Waals surface area (Å²) in [5.74, 6) is -0.279. The molecule has 1 aliphatic carbocycles. The minimum Gasteiger partial charge on any atom is -0.467 e. The zero-order valence-corrected chi connectivity index (χ0v) is 14.8. The van der Waals surface area contributed by atoms with Gasteiger partial charge in [-0.25, -0.2) is 9.78 Å². The first-order valence-corrected chi connectivity index (χ1v) is 9.12. The highest BCUT2D eigenvalue weighted by molar-refractivity contribution is 5.98. The molecule has 2 aliphatic rings. The molecule has 2 N–H and O–H groups in total. The smallest absolute Gasteiger partial charge is 0.329 e. The zero-order chi connectivity index (χ0) is 18.1. The second-order valence-electron chi connectivity index (χ2n) is 7.04. The van der Waals surface area contributed by atoms with Crippen LogP contribution >= 0.6 is 0 Å². The van der Waals surface area contributed by atoms with E-state index >= 15 is 0 Å². The van der Waals surface area contributed by atoms with Crippen LogP contribution in [0.4, 0.5) is 0 Å². The van der Waals surface area contributed by atoms with Crippen molar-refractivity contribution in [3.63, 3.8) is 0 Å². The third-order valence-corrected chi connectivity index (χ3v) is 5.55. The second kappa shape index (κ2) is 6.93. The summed E-state index contributed by atoms with van der Waals surface area (Å²) < 4.78 is 4.93. The quantitative estimate of drug-likeness (QED) is 0.817. The Morgan fingerprint density at radius 1 is 1.27 bits per heavy atom. The second-order valence-corrected chi connectivity index (χ2v) is 7.04. The van der Waals surface area contributed by atoms with Crippen LogP contribution < -0.4 is 0 Å². The first kappa shape index (κ1) is 16.8. The van der Waals surface area contributed by atoms with Crippen molar-refractivity contribution < 1.29 is 14.3 Å². The van der Waals surface area contributed by atoms with Crippen LogP contribution in [0.3, 0.4) is 0 Å². The third-order valence-electron chi connectivity index (χ3n) is 5.55. The van der Waals surface area contributed by atoms with E-state index in [1.807, 2.05) is 0 Å². The van der Waals surface area contributed by atoms with Crippen LogP contribution in [-0.4, -0.2) is 50.1 Å². The fourth-order valence-corrected chi connectivity index (χ4v) is 4.12. The maximum atomic E-state index is 13.3. The number of hydrogen-bond acceptors (Lipinski definition) is 5. The standard InChI is InChI=1S/C18H23N5O3/c1-26-18(25)15-7-13-14(20-10-19-13)9-23(15)17(24)12-8-21-22-16(12)11-5-3-2-4-6-11/h8,10-11,15H,2-7,9H2,1H3,(H,19,20)(H,21,22)/t15-/m0/s1. The summed E-state index contributed by atoms with van der Waals surface area (Å²) in [5, 5.41) is 7.16. The van der Waals surface area contributed by atoms with Crippen molar-refractivity contribution in [2.75, 3.05) is 7.11 Å². The molecule has 1 amide bonds. The molecule has 0 radical (unpaired) electrons. The first-order valence-electron chi connectivity index (χ1n) is 9.12. The normalized spacial score (nSPS) is 20.7. The number of H-pyrrole nitrogens is 2. The molecule has 1 saturated carbocycles. The Bertz CT molecular complexity index is 805. The van der Waals surface area contributed by atoms with Gasteiger partial charge in [0.25, 0.3) is 5.91 Å². The lowest BCUT2D eigenvalue weighted by molar-refractivity contribution is -0.146. The third kappa shape index (κ3) is 2.89. The van der Waals surface area contributed by atoms with Crippen LogP contribution in [0, 0.1) is 0 Å². The zero-order valence-electron chi connectivity index (χ0n) is 14.8. The number of carbonyl (C=O) groups is 2. The predicted octanol–water partition coefficient (Wildman–Crippen LogP) is 1.92. The molecule has 0 bridgehead atoms. The molecule has 1 aliphatic heterocycles. The predicted molar refractivity (Wildman–Crippen MR) is 92.4 cm³/mol. The number of imidazole rings is 1. The molecule has 3 heterocycles. The summed E-state index contributed by atoms with van der Waals surface area (Å²) in [6.07, 6.45) is 9.25. The highest BCUT2D eigenvalue weighted by atomic mass is 16.5. The molecule has 0 saturated heterocycles. The molecular formula is C18H23N5O3. The lowest BCUT2D eigenvalue weighted by Gasteiger charge is -2.33. The van der Waals surface area contributed by atoms with E-state index in [1.165, 1.54) is 26.4 Å². The summed E-state index contributed by atoms with van der Waals surface area (Å²) in [7, 11) is 1.34. The summed E-state index contributed by atoms with van der Waals surface area (Å²) in [4.78, 5) is 34.5. The van der Waals surface area contributed by atoms with Crippen molar-refractivity contribution in [1.82, 2.24) is 25.1 Å². The largest absolute Gasteiger partial charge is 0.467 e. The number of rotatable bonds is 3. The number of esters is 1. The van der Waals surface area contributed by atoms with Crippen LogP contribution in [0.5, 0.6) is 0 Å². The fraction of sp³-hybridized carbons (Fsp3) is 0.556. The van der Waals surface area contributed by atoms with Crippen LogP contribution in [-0.2, 0) is 22.5 Å². The van der Waals surface area contributed by atoms with E-state index in [1.54, 1.807) is 17.4 Å². The van der Waals surface area contributed by atoms with E-state index < -0.39 is 12.0 Å². The van der Waals surface area contributed by atoms with Crippen molar-refractivity contribution in [2.45, 2.75) is 57.0 Å². The first-order chi connectivity index (χ1) is 12.7. The van der Waals surface area contributed by atoms with E-state index in [9.17, 15) is 9.59 Å². The Kier molecular flexibility index (Phi) is 4.48. The van der Waals surface area contributed by atoms with Crippen molar-refractivity contribution in [1.29, 1.82) is 0 Å².